The minimum absolute atomic E-state index is 0.0530. The number of sulfonamides is 1. The molecule has 0 saturated carbocycles. The molecule has 5 nitrogen and oxygen atoms in total. The molecule has 0 bridgehead atoms. The minimum Gasteiger partial charge on any atom is -0.279 e. The zero-order valence-corrected chi connectivity index (χ0v) is 16.3. The van der Waals surface area contributed by atoms with Gasteiger partial charge in [0.05, 0.1) is 0 Å². The van der Waals surface area contributed by atoms with Crippen molar-refractivity contribution in [2.45, 2.75) is 24.8 Å². The predicted octanol–water partition coefficient (Wildman–Crippen LogP) is 4.69. The van der Waals surface area contributed by atoms with Gasteiger partial charge in [-0.2, -0.15) is 5.10 Å². The maximum atomic E-state index is 13.0. The van der Waals surface area contributed by atoms with E-state index in [4.69, 9.17) is 0 Å². The van der Waals surface area contributed by atoms with Crippen molar-refractivity contribution < 1.29 is 8.42 Å². The number of nitrogens with one attached hydrogen (secondary N) is 1. The Morgan fingerprint density at radius 3 is 2.44 bits per heavy atom. The Balaban J connectivity index is 2.08. The minimum atomic E-state index is -3.78. The number of rotatable bonds is 5. The van der Waals surface area contributed by atoms with Gasteiger partial charge in [-0.05, 0) is 32.0 Å². The summed E-state index contributed by atoms with van der Waals surface area (Å²) in [6.45, 7) is 3.92. The van der Waals surface area contributed by atoms with E-state index in [-0.39, 0.29) is 10.9 Å². The molecule has 130 valence electrons. The van der Waals surface area contributed by atoms with Crippen LogP contribution in [0.2, 0.25) is 0 Å². The van der Waals surface area contributed by atoms with Crippen LogP contribution in [0.4, 0.5) is 5.69 Å². The van der Waals surface area contributed by atoms with Crippen molar-refractivity contribution in [3.8, 4) is 11.3 Å². The van der Waals surface area contributed by atoms with Crippen molar-refractivity contribution in [2.24, 2.45) is 0 Å². The van der Waals surface area contributed by atoms with Crippen molar-refractivity contribution in [1.29, 1.82) is 0 Å². The van der Waals surface area contributed by atoms with E-state index in [1.165, 1.54) is 0 Å². The molecule has 2 aromatic carbocycles. The van der Waals surface area contributed by atoms with E-state index < -0.39 is 10.0 Å². The van der Waals surface area contributed by atoms with Crippen LogP contribution in [0, 0.1) is 0 Å². The summed E-state index contributed by atoms with van der Waals surface area (Å²) in [5.74, 6) is 0. The lowest BCUT2D eigenvalue weighted by molar-refractivity contribution is 0.532. The van der Waals surface area contributed by atoms with Crippen molar-refractivity contribution >= 4 is 31.6 Å². The van der Waals surface area contributed by atoms with Crippen LogP contribution in [-0.2, 0) is 10.0 Å². The first-order valence-electron chi connectivity index (χ1n) is 7.80. The fourth-order valence-electron chi connectivity index (χ4n) is 2.39. The summed E-state index contributed by atoms with van der Waals surface area (Å²) in [5.41, 5.74) is 1.69. The third-order valence-corrected chi connectivity index (χ3v) is 5.52. The maximum absolute atomic E-state index is 13.0. The summed E-state index contributed by atoms with van der Waals surface area (Å²) < 4.78 is 31.0. The van der Waals surface area contributed by atoms with Crippen molar-refractivity contribution in [3.05, 3.63) is 65.3 Å². The van der Waals surface area contributed by atoms with E-state index in [0.29, 0.717) is 11.4 Å². The first kappa shape index (κ1) is 17.7. The Labute approximate surface area is 155 Å². The number of hydrogen-bond donors (Lipinski definition) is 1. The second-order valence-corrected chi connectivity index (χ2v) is 8.46. The van der Waals surface area contributed by atoms with Gasteiger partial charge in [0.15, 0.2) is 0 Å². The standard InChI is InChI=1S/C18H18BrN3O2S/c1-13(2)22-12-17(18(20-22)14-7-4-3-5-8-14)25(23,24)21-16-10-6-9-15(19)11-16/h3-13,21H,1-2H3. The first-order chi connectivity index (χ1) is 11.9. The van der Waals surface area contributed by atoms with Crippen molar-refractivity contribution in [3.63, 3.8) is 0 Å². The molecule has 7 heteroatoms. The molecule has 0 amide bonds. The van der Waals surface area contributed by atoms with Gasteiger partial charge in [0.2, 0.25) is 0 Å². The molecule has 0 saturated heterocycles. The van der Waals surface area contributed by atoms with E-state index in [1.54, 1.807) is 29.1 Å². The lowest BCUT2D eigenvalue weighted by Gasteiger charge is -2.08. The Morgan fingerprint density at radius 1 is 1.08 bits per heavy atom. The summed E-state index contributed by atoms with van der Waals surface area (Å²) in [4.78, 5) is 0.160. The SMILES string of the molecule is CC(C)n1cc(S(=O)(=O)Nc2cccc(Br)c2)c(-c2ccccc2)n1. The smallest absolute Gasteiger partial charge is 0.265 e. The van der Waals surface area contributed by atoms with E-state index in [9.17, 15) is 8.42 Å². The highest BCUT2D eigenvalue weighted by molar-refractivity contribution is 9.10. The quantitative estimate of drug-likeness (QED) is 0.651. The van der Waals surface area contributed by atoms with Gasteiger partial charge >= 0.3 is 0 Å². The predicted molar refractivity (Wildman–Crippen MR) is 103 cm³/mol. The van der Waals surface area contributed by atoms with E-state index in [1.807, 2.05) is 50.2 Å². The monoisotopic (exact) mass is 419 g/mol. The van der Waals surface area contributed by atoms with Gasteiger partial charge in [-0.3, -0.25) is 9.40 Å². The third-order valence-electron chi connectivity index (χ3n) is 3.64. The van der Waals surface area contributed by atoms with Gasteiger partial charge in [0.25, 0.3) is 10.0 Å². The second-order valence-electron chi connectivity index (χ2n) is 5.90. The molecule has 0 radical (unpaired) electrons. The maximum Gasteiger partial charge on any atom is 0.265 e. The molecular weight excluding hydrogens is 402 g/mol. The summed E-state index contributed by atoms with van der Waals surface area (Å²) in [7, 11) is -3.78. The molecule has 25 heavy (non-hydrogen) atoms. The molecule has 0 aliphatic heterocycles. The number of benzene rings is 2. The van der Waals surface area contributed by atoms with Gasteiger partial charge in [-0.15, -0.1) is 0 Å². The normalized spacial score (nSPS) is 11.7. The molecule has 0 atom stereocenters. The van der Waals surface area contributed by atoms with Crippen LogP contribution in [0.3, 0.4) is 0 Å². The van der Waals surface area contributed by atoms with Crippen LogP contribution in [-0.4, -0.2) is 18.2 Å². The first-order valence-corrected chi connectivity index (χ1v) is 10.1. The van der Waals surface area contributed by atoms with Crippen molar-refractivity contribution in [2.75, 3.05) is 4.72 Å². The summed E-state index contributed by atoms with van der Waals surface area (Å²) in [5, 5.41) is 4.49. The molecule has 1 N–H and O–H groups in total. The summed E-state index contributed by atoms with van der Waals surface area (Å²) >= 11 is 3.35. The van der Waals surface area contributed by atoms with Gasteiger partial charge < -0.3 is 0 Å². The van der Waals surface area contributed by atoms with Crippen LogP contribution in [0.5, 0.6) is 0 Å². The van der Waals surface area contributed by atoms with Gasteiger partial charge in [0, 0.05) is 28.0 Å². The number of anilines is 1. The zero-order chi connectivity index (χ0) is 18.0. The molecule has 0 aliphatic carbocycles. The number of nitrogens with zero attached hydrogens (tertiary/aromatic N) is 2. The fourth-order valence-corrected chi connectivity index (χ4v) is 4.00. The van der Waals surface area contributed by atoms with Crippen LogP contribution in [0.25, 0.3) is 11.3 Å². The highest BCUT2D eigenvalue weighted by Crippen LogP contribution is 2.29. The van der Waals surface area contributed by atoms with Crippen LogP contribution < -0.4 is 4.72 Å². The lowest BCUT2D eigenvalue weighted by Crippen LogP contribution is -2.13. The number of aromatic nitrogens is 2. The Morgan fingerprint density at radius 2 is 1.80 bits per heavy atom. The molecule has 1 heterocycles. The van der Waals surface area contributed by atoms with Crippen molar-refractivity contribution in [1.82, 2.24) is 9.78 Å². The summed E-state index contributed by atoms with van der Waals surface area (Å²) in [6.07, 6.45) is 1.58. The van der Waals surface area contributed by atoms with Crippen LogP contribution >= 0.6 is 15.9 Å². The molecule has 1 aromatic heterocycles. The number of halogens is 1. The molecular formula is C18H18BrN3O2S. The van der Waals surface area contributed by atoms with Crippen LogP contribution in [0.15, 0.2) is 70.2 Å². The second kappa shape index (κ2) is 7.01. The van der Waals surface area contributed by atoms with E-state index >= 15 is 0 Å². The van der Waals surface area contributed by atoms with Crippen LogP contribution in [0.1, 0.15) is 19.9 Å². The topological polar surface area (TPSA) is 64.0 Å². The van der Waals surface area contributed by atoms with Gasteiger partial charge in [0.1, 0.15) is 10.6 Å². The Kier molecular flexibility index (Phi) is 4.96. The molecule has 0 spiro atoms. The average molecular weight is 420 g/mol. The molecule has 3 aromatic rings. The van der Waals surface area contributed by atoms with E-state index in [2.05, 4.69) is 25.8 Å². The largest absolute Gasteiger partial charge is 0.279 e. The molecule has 0 unspecified atom stereocenters. The number of hydrogen-bond acceptors (Lipinski definition) is 3. The van der Waals surface area contributed by atoms with Gasteiger partial charge in [-0.1, -0.05) is 52.3 Å². The van der Waals surface area contributed by atoms with Gasteiger partial charge in [-0.25, -0.2) is 8.42 Å². The highest BCUT2D eigenvalue weighted by atomic mass is 79.9. The molecule has 0 fully saturated rings. The molecule has 0 aliphatic rings. The Bertz CT molecular complexity index is 983. The lowest BCUT2D eigenvalue weighted by atomic mass is 10.2. The molecule has 3 rings (SSSR count). The average Bonchev–Trinajstić information content (AvgIpc) is 3.02. The highest BCUT2D eigenvalue weighted by Gasteiger charge is 2.24. The fraction of sp³-hybridized carbons (Fsp3) is 0.167. The van der Waals surface area contributed by atoms with E-state index in [0.717, 1.165) is 10.0 Å². The third kappa shape index (κ3) is 3.93. The zero-order valence-electron chi connectivity index (χ0n) is 13.8. The Hall–Kier alpha value is -2.12. The summed E-state index contributed by atoms with van der Waals surface area (Å²) in [6, 6.07) is 16.4.